The summed E-state index contributed by atoms with van der Waals surface area (Å²) in [5.41, 5.74) is 0. The molecule has 1 amide bonds. The standard InChI is InChI=1S/C19H23NO5/c1-14(12-24-16-10-8-15(22-2)9-11-16)20-19(21)13-25-18-7-5-4-6-17(18)23-3/h4-11,14H,12-13H2,1-3H3,(H,20,21)/t14-/m1/s1. The molecular weight excluding hydrogens is 322 g/mol. The monoisotopic (exact) mass is 345 g/mol. The van der Waals surface area contributed by atoms with Gasteiger partial charge in [0.25, 0.3) is 5.91 Å². The lowest BCUT2D eigenvalue weighted by Crippen LogP contribution is -2.39. The number of ether oxygens (including phenoxy) is 4. The molecule has 1 atom stereocenters. The summed E-state index contributed by atoms with van der Waals surface area (Å²) in [5.74, 6) is 2.37. The molecule has 0 aliphatic heterocycles. The smallest absolute Gasteiger partial charge is 0.258 e. The lowest BCUT2D eigenvalue weighted by Gasteiger charge is -2.16. The molecule has 0 saturated heterocycles. The molecule has 0 fully saturated rings. The van der Waals surface area contributed by atoms with Crippen LogP contribution >= 0.6 is 0 Å². The zero-order valence-electron chi connectivity index (χ0n) is 14.7. The van der Waals surface area contributed by atoms with Crippen LogP contribution in [0.5, 0.6) is 23.0 Å². The van der Waals surface area contributed by atoms with Crippen molar-refractivity contribution in [3.63, 3.8) is 0 Å². The third-order valence-electron chi connectivity index (χ3n) is 3.39. The molecule has 0 aliphatic rings. The second kappa shape index (κ2) is 9.42. The van der Waals surface area contributed by atoms with E-state index in [1.165, 1.54) is 0 Å². The molecule has 0 aliphatic carbocycles. The van der Waals surface area contributed by atoms with Crippen molar-refractivity contribution in [1.29, 1.82) is 0 Å². The summed E-state index contributed by atoms with van der Waals surface area (Å²) in [6.07, 6.45) is 0. The van der Waals surface area contributed by atoms with E-state index in [1.54, 1.807) is 26.4 Å². The molecule has 25 heavy (non-hydrogen) atoms. The quantitative estimate of drug-likeness (QED) is 0.757. The van der Waals surface area contributed by atoms with Crippen LogP contribution in [0, 0.1) is 0 Å². The molecule has 0 bridgehead atoms. The van der Waals surface area contributed by atoms with Crippen molar-refractivity contribution in [3.8, 4) is 23.0 Å². The van der Waals surface area contributed by atoms with E-state index >= 15 is 0 Å². The van der Waals surface area contributed by atoms with Crippen molar-refractivity contribution in [2.75, 3.05) is 27.4 Å². The van der Waals surface area contributed by atoms with Gasteiger partial charge in [-0.15, -0.1) is 0 Å². The summed E-state index contributed by atoms with van der Waals surface area (Å²) < 4.78 is 21.4. The van der Waals surface area contributed by atoms with Gasteiger partial charge in [-0.05, 0) is 43.3 Å². The summed E-state index contributed by atoms with van der Waals surface area (Å²) in [4.78, 5) is 12.0. The average molecular weight is 345 g/mol. The Kier molecular flexibility index (Phi) is 6.95. The SMILES string of the molecule is COc1ccc(OC[C@@H](C)NC(=O)COc2ccccc2OC)cc1. The van der Waals surface area contributed by atoms with Crippen LogP contribution in [0.2, 0.25) is 0 Å². The normalized spacial score (nSPS) is 11.3. The van der Waals surface area contributed by atoms with Crippen LogP contribution in [-0.2, 0) is 4.79 Å². The van der Waals surface area contributed by atoms with Crippen molar-refractivity contribution < 1.29 is 23.7 Å². The van der Waals surface area contributed by atoms with Crippen molar-refractivity contribution in [3.05, 3.63) is 48.5 Å². The van der Waals surface area contributed by atoms with Gasteiger partial charge in [0, 0.05) is 0 Å². The van der Waals surface area contributed by atoms with Gasteiger partial charge in [0.15, 0.2) is 18.1 Å². The predicted octanol–water partition coefficient (Wildman–Crippen LogP) is 2.67. The first kappa shape index (κ1) is 18.4. The van der Waals surface area contributed by atoms with Crippen LogP contribution in [0.1, 0.15) is 6.92 Å². The van der Waals surface area contributed by atoms with E-state index in [4.69, 9.17) is 18.9 Å². The van der Waals surface area contributed by atoms with Crippen LogP contribution in [-0.4, -0.2) is 39.4 Å². The van der Waals surface area contributed by atoms with Gasteiger partial charge in [0.2, 0.25) is 0 Å². The summed E-state index contributed by atoms with van der Waals surface area (Å²) in [6, 6.07) is 14.3. The molecule has 0 heterocycles. The Morgan fingerprint density at radius 1 is 0.920 bits per heavy atom. The van der Waals surface area contributed by atoms with Crippen LogP contribution in [0.3, 0.4) is 0 Å². The second-order valence-corrected chi connectivity index (χ2v) is 5.39. The summed E-state index contributed by atoms with van der Waals surface area (Å²) in [5, 5.41) is 2.83. The van der Waals surface area contributed by atoms with Gasteiger partial charge in [0.1, 0.15) is 18.1 Å². The average Bonchev–Trinajstić information content (AvgIpc) is 2.65. The third-order valence-corrected chi connectivity index (χ3v) is 3.39. The van der Waals surface area contributed by atoms with Gasteiger partial charge in [0.05, 0.1) is 20.3 Å². The Balaban J connectivity index is 1.73. The van der Waals surface area contributed by atoms with Crippen molar-refractivity contribution >= 4 is 5.91 Å². The molecule has 2 aromatic carbocycles. The number of hydrogen-bond acceptors (Lipinski definition) is 5. The molecule has 2 aromatic rings. The van der Waals surface area contributed by atoms with Crippen LogP contribution < -0.4 is 24.3 Å². The molecule has 0 saturated carbocycles. The minimum absolute atomic E-state index is 0.0900. The predicted molar refractivity (Wildman–Crippen MR) is 94.6 cm³/mol. The number of hydrogen-bond donors (Lipinski definition) is 1. The highest BCUT2D eigenvalue weighted by molar-refractivity contribution is 5.77. The van der Waals surface area contributed by atoms with Crippen molar-refractivity contribution in [1.82, 2.24) is 5.32 Å². The van der Waals surface area contributed by atoms with Gasteiger partial charge < -0.3 is 24.3 Å². The van der Waals surface area contributed by atoms with Crippen molar-refractivity contribution in [2.24, 2.45) is 0 Å². The van der Waals surface area contributed by atoms with E-state index in [1.807, 2.05) is 43.3 Å². The molecule has 2 rings (SSSR count). The van der Waals surface area contributed by atoms with E-state index in [0.29, 0.717) is 23.9 Å². The zero-order valence-corrected chi connectivity index (χ0v) is 14.7. The van der Waals surface area contributed by atoms with Crippen LogP contribution in [0.4, 0.5) is 0 Å². The lowest BCUT2D eigenvalue weighted by molar-refractivity contribution is -0.123. The van der Waals surface area contributed by atoms with Crippen LogP contribution in [0.15, 0.2) is 48.5 Å². The van der Waals surface area contributed by atoms with Gasteiger partial charge in [-0.25, -0.2) is 0 Å². The molecule has 0 unspecified atom stereocenters. The van der Waals surface area contributed by atoms with Crippen LogP contribution in [0.25, 0.3) is 0 Å². The van der Waals surface area contributed by atoms with Crippen molar-refractivity contribution in [2.45, 2.75) is 13.0 Å². The molecule has 0 spiro atoms. The minimum Gasteiger partial charge on any atom is -0.497 e. The van der Waals surface area contributed by atoms with E-state index < -0.39 is 0 Å². The molecule has 1 N–H and O–H groups in total. The Morgan fingerprint density at radius 3 is 2.20 bits per heavy atom. The Labute approximate surface area is 147 Å². The molecule has 134 valence electrons. The fraction of sp³-hybridized carbons (Fsp3) is 0.316. The highest BCUT2D eigenvalue weighted by atomic mass is 16.5. The Morgan fingerprint density at radius 2 is 1.56 bits per heavy atom. The largest absolute Gasteiger partial charge is 0.497 e. The number of methoxy groups -OCH3 is 2. The van der Waals surface area contributed by atoms with Gasteiger partial charge >= 0.3 is 0 Å². The number of carbonyl (C=O) groups is 1. The highest BCUT2D eigenvalue weighted by Gasteiger charge is 2.10. The molecular formula is C19H23NO5. The van der Waals surface area contributed by atoms with Gasteiger partial charge in [-0.3, -0.25) is 4.79 Å². The molecule has 6 heteroatoms. The maximum Gasteiger partial charge on any atom is 0.258 e. The first-order chi connectivity index (χ1) is 12.1. The first-order valence-electron chi connectivity index (χ1n) is 7.94. The number of para-hydroxylation sites is 2. The summed E-state index contributed by atoms with van der Waals surface area (Å²) >= 11 is 0. The third kappa shape index (κ3) is 5.91. The second-order valence-electron chi connectivity index (χ2n) is 5.39. The van der Waals surface area contributed by atoms with Gasteiger partial charge in [-0.1, -0.05) is 12.1 Å². The molecule has 0 aromatic heterocycles. The number of carbonyl (C=O) groups excluding carboxylic acids is 1. The highest BCUT2D eigenvalue weighted by Crippen LogP contribution is 2.25. The molecule has 6 nitrogen and oxygen atoms in total. The number of amides is 1. The Bertz CT molecular complexity index is 672. The number of benzene rings is 2. The molecule has 0 radical (unpaired) electrons. The van der Waals surface area contributed by atoms with E-state index in [2.05, 4.69) is 5.32 Å². The van der Waals surface area contributed by atoms with E-state index in [-0.39, 0.29) is 18.6 Å². The fourth-order valence-electron chi connectivity index (χ4n) is 2.13. The number of nitrogens with one attached hydrogen (secondary N) is 1. The first-order valence-corrected chi connectivity index (χ1v) is 7.94. The number of rotatable bonds is 9. The topological polar surface area (TPSA) is 66.0 Å². The maximum atomic E-state index is 12.0. The maximum absolute atomic E-state index is 12.0. The fourth-order valence-corrected chi connectivity index (χ4v) is 2.13. The van der Waals surface area contributed by atoms with E-state index in [0.717, 1.165) is 5.75 Å². The Hall–Kier alpha value is -2.89. The minimum atomic E-state index is -0.225. The lowest BCUT2D eigenvalue weighted by atomic mass is 10.3. The van der Waals surface area contributed by atoms with E-state index in [9.17, 15) is 4.79 Å². The summed E-state index contributed by atoms with van der Waals surface area (Å²) in [6.45, 7) is 2.13. The van der Waals surface area contributed by atoms with Gasteiger partial charge in [-0.2, -0.15) is 0 Å². The summed E-state index contributed by atoms with van der Waals surface area (Å²) in [7, 11) is 3.17. The zero-order chi connectivity index (χ0) is 18.1.